The fraction of sp³-hybridized carbons (Fsp3) is 0.417. The second-order valence-corrected chi connectivity index (χ2v) is 13.1. The number of nitrogens with zero attached hydrogens (tertiary/aromatic N) is 6. The number of rotatable bonds is 13. The molecule has 2 aliphatic heterocycles. The highest BCUT2D eigenvalue weighted by Crippen LogP contribution is 2.41. The summed E-state index contributed by atoms with van der Waals surface area (Å²) >= 11 is 0. The summed E-state index contributed by atoms with van der Waals surface area (Å²) in [5.74, 6) is -1.35. The van der Waals surface area contributed by atoms with E-state index < -0.39 is 23.8 Å². The van der Waals surface area contributed by atoms with Crippen molar-refractivity contribution >= 4 is 46.4 Å². The molecule has 1 saturated heterocycles. The molecule has 1 saturated carbocycles. The number of carbonyl (C=O) groups excluding carboxylic acids is 4. The van der Waals surface area contributed by atoms with Gasteiger partial charge in [-0.2, -0.15) is 5.10 Å². The number of aldehydes is 1. The van der Waals surface area contributed by atoms with Gasteiger partial charge in [0, 0.05) is 49.2 Å². The van der Waals surface area contributed by atoms with Gasteiger partial charge in [-0.3, -0.25) is 28.9 Å². The van der Waals surface area contributed by atoms with Crippen LogP contribution >= 0.6 is 0 Å². The molecule has 13 nitrogen and oxygen atoms in total. The first-order valence-electron chi connectivity index (χ1n) is 16.9. The topological polar surface area (TPSA) is 166 Å². The number of nitrogens with one attached hydrogen (secondary N) is 1. The summed E-state index contributed by atoms with van der Waals surface area (Å²) in [7, 11) is 0. The molecule has 4 heterocycles. The van der Waals surface area contributed by atoms with Crippen molar-refractivity contribution in [2.75, 3.05) is 43.1 Å². The van der Waals surface area contributed by atoms with Gasteiger partial charge in [-0.1, -0.05) is 0 Å². The van der Waals surface area contributed by atoms with Gasteiger partial charge >= 0.3 is 0 Å². The van der Waals surface area contributed by atoms with Gasteiger partial charge in [0.2, 0.25) is 5.91 Å². The zero-order valence-electron chi connectivity index (χ0n) is 27.5. The van der Waals surface area contributed by atoms with E-state index in [2.05, 4.69) is 38.2 Å². The summed E-state index contributed by atoms with van der Waals surface area (Å²) in [5, 5.41) is 8.21. The number of primary amides is 1. The molecule has 4 aromatic rings. The first-order valence-corrected chi connectivity index (χ1v) is 16.9. The summed E-state index contributed by atoms with van der Waals surface area (Å²) in [6.45, 7) is 5.94. The molecule has 1 unspecified atom stereocenters. The Labute approximate surface area is 283 Å². The standard InChI is InChI=1S/C36H40N8O5/c1-22-29(32-20-39-30-9-7-25(19-31(30)40-32)42-11-14-49-15-12-42)21-43(41-22)26-16-23(17-26)4-2-10-38-24-6-8-27-28(18-24)36(48)44(35(27)47)33(34(37)46)5-3-13-45/h6-9,13,18-21,23,26,33,38H,2-5,10-12,14-17H2,1H3,(H2,37,46). The molecular weight excluding hydrogens is 624 g/mol. The average Bonchev–Trinajstić information content (AvgIpc) is 3.59. The molecule has 2 aromatic carbocycles. The Morgan fingerprint density at radius 3 is 2.63 bits per heavy atom. The number of aromatic nitrogens is 4. The number of imide groups is 1. The van der Waals surface area contributed by atoms with Gasteiger partial charge in [-0.15, -0.1) is 0 Å². The minimum Gasteiger partial charge on any atom is -0.385 e. The van der Waals surface area contributed by atoms with E-state index in [0.29, 0.717) is 24.8 Å². The Morgan fingerprint density at radius 2 is 1.86 bits per heavy atom. The molecular formula is C36H40N8O5. The number of fused-ring (bicyclic) bond motifs is 2. The van der Waals surface area contributed by atoms with Crippen LogP contribution < -0.4 is 16.0 Å². The van der Waals surface area contributed by atoms with Crippen molar-refractivity contribution in [2.45, 2.75) is 57.5 Å². The fourth-order valence-electron chi connectivity index (χ4n) is 7.12. The lowest BCUT2D eigenvalue weighted by atomic mass is 9.77. The Morgan fingerprint density at radius 1 is 1.06 bits per heavy atom. The number of anilines is 2. The van der Waals surface area contributed by atoms with E-state index in [9.17, 15) is 19.2 Å². The van der Waals surface area contributed by atoms with Crippen LogP contribution in [0.15, 0.2) is 48.8 Å². The van der Waals surface area contributed by atoms with Crippen molar-refractivity contribution < 1.29 is 23.9 Å². The molecule has 3 amide bonds. The van der Waals surface area contributed by atoms with Gasteiger partial charge in [0.1, 0.15) is 12.3 Å². The van der Waals surface area contributed by atoms with E-state index in [1.165, 1.54) is 0 Å². The van der Waals surface area contributed by atoms with Crippen molar-refractivity contribution in [3.8, 4) is 11.3 Å². The number of nitrogens with two attached hydrogens (primary N) is 1. The Hall–Kier alpha value is -5.17. The third-order valence-corrected chi connectivity index (χ3v) is 9.91. The second-order valence-electron chi connectivity index (χ2n) is 13.1. The summed E-state index contributed by atoms with van der Waals surface area (Å²) in [4.78, 5) is 61.6. The monoisotopic (exact) mass is 664 g/mol. The molecule has 0 spiro atoms. The molecule has 1 atom stereocenters. The molecule has 49 heavy (non-hydrogen) atoms. The van der Waals surface area contributed by atoms with Crippen molar-refractivity contribution in [3.63, 3.8) is 0 Å². The fourth-order valence-corrected chi connectivity index (χ4v) is 7.12. The summed E-state index contributed by atoms with van der Waals surface area (Å²) in [6.07, 6.45) is 8.74. The Kier molecular flexibility index (Phi) is 9.09. The van der Waals surface area contributed by atoms with Crippen LogP contribution in [0, 0.1) is 12.8 Å². The molecule has 7 rings (SSSR count). The molecule has 2 fully saturated rings. The van der Waals surface area contributed by atoms with Crippen LogP contribution in [0.3, 0.4) is 0 Å². The first kappa shape index (κ1) is 32.4. The smallest absolute Gasteiger partial charge is 0.262 e. The number of ether oxygens (including phenoxy) is 1. The highest BCUT2D eigenvalue weighted by molar-refractivity contribution is 6.23. The van der Waals surface area contributed by atoms with Gasteiger partial charge in [0.05, 0.1) is 59.0 Å². The maximum absolute atomic E-state index is 13.1. The highest BCUT2D eigenvalue weighted by Gasteiger charge is 2.42. The third kappa shape index (κ3) is 6.50. The van der Waals surface area contributed by atoms with Crippen LogP contribution in [0.25, 0.3) is 22.3 Å². The largest absolute Gasteiger partial charge is 0.385 e. The number of carbonyl (C=O) groups is 4. The molecule has 13 heteroatoms. The normalized spacial score (nSPS) is 19.5. The van der Waals surface area contributed by atoms with Crippen LogP contribution in [0.1, 0.15) is 71.0 Å². The quantitative estimate of drug-likeness (QED) is 0.122. The van der Waals surface area contributed by atoms with Crippen molar-refractivity contribution in [2.24, 2.45) is 11.7 Å². The summed E-state index contributed by atoms with van der Waals surface area (Å²) in [6, 6.07) is 10.4. The number of morpholine rings is 1. The van der Waals surface area contributed by atoms with Gasteiger partial charge in [-0.05, 0) is 81.3 Å². The van der Waals surface area contributed by atoms with Crippen LogP contribution in [-0.2, 0) is 14.3 Å². The molecule has 3 N–H and O–H groups in total. The first-order chi connectivity index (χ1) is 23.8. The predicted molar refractivity (Wildman–Crippen MR) is 183 cm³/mol. The average molecular weight is 665 g/mol. The van der Waals surface area contributed by atoms with Gasteiger partial charge in [0.25, 0.3) is 11.8 Å². The molecule has 3 aliphatic rings. The number of benzene rings is 2. The predicted octanol–water partition coefficient (Wildman–Crippen LogP) is 3.91. The maximum atomic E-state index is 13.1. The van der Waals surface area contributed by atoms with Crippen LogP contribution in [0.4, 0.5) is 11.4 Å². The lowest BCUT2D eigenvalue weighted by Gasteiger charge is -2.35. The zero-order valence-corrected chi connectivity index (χ0v) is 27.5. The number of hydrogen-bond donors (Lipinski definition) is 2. The van der Waals surface area contributed by atoms with E-state index in [4.69, 9.17) is 20.6 Å². The van der Waals surface area contributed by atoms with E-state index >= 15 is 0 Å². The van der Waals surface area contributed by atoms with Gasteiger partial charge < -0.3 is 25.5 Å². The highest BCUT2D eigenvalue weighted by atomic mass is 16.5. The molecule has 0 radical (unpaired) electrons. The molecule has 254 valence electrons. The Balaban J connectivity index is 0.909. The van der Waals surface area contributed by atoms with Gasteiger partial charge in [0.15, 0.2) is 0 Å². The van der Waals surface area contributed by atoms with E-state index in [0.717, 1.165) is 96.2 Å². The molecule has 0 bridgehead atoms. The number of aryl methyl sites for hydroxylation is 1. The Bertz CT molecular complexity index is 1910. The second kappa shape index (κ2) is 13.7. The van der Waals surface area contributed by atoms with E-state index in [1.807, 2.05) is 19.2 Å². The van der Waals surface area contributed by atoms with Crippen molar-refractivity contribution in [1.29, 1.82) is 0 Å². The SMILES string of the molecule is Cc1nn(C2CC(CCCNc3ccc4c(c3)C(=O)N(C(CCC=O)C(N)=O)C4=O)C2)cc1-c1cnc2ccc(N3CCOCC3)cc2n1. The maximum Gasteiger partial charge on any atom is 0.262 e. The number of amides is 3. The van der Waals surface area contributed by atoms with E-state index in [1.54, 1.807) is 18.2 Å². The minimum absolute atomic E-state index is 0.00843. The molecule has 2 aromatic heterocycles. The van der Waals surface area contributed by atoms with Crippen LogP contribution in [0.2, 0.25) is 0 Å². The van der Waals surface area contributed by atoms with Gasteiger partial charge in [-0.25, -0.2) is 4.98 Å². The number of hydrogen-bond acceptors (Lipinski definition) is 10. The summed E-state index contributed by atoms with van der Waals surface area (Å²) in [5.41, 5.74) is 12.3. The summed E-state index contributed by atoms with van der Waals surface area (Å²) < 4.78 is 7.59. The van der Waals surface area contributed by atoms with Crippen molar-refractivity contribution in [3.05, 3.63) is 65.6 Å². The minimum atomic E-state index is -1.15. The van der Waals surface area contributed by atoms with Crippen molar-refractivity contribution in [1.82, 2.24) is 24.6 Å². The lowest BCUT2D eigenvalue weighted by Crippen LogP contribution is -2.47. The third-order valence-electron chi connectivity index (χ3n) is 9.91. The lowest BCUT2D eigenvalue weighted by molar-refractivity contribution is -0.122. The van der Waals surface area contributed by atoms with Crippen LogP contribution in [-0.4, -0.2) is 87.5 Å². The zero-order chi connectivity index (χ0) is 34.1. The van der Waals surface area contributed by atoms with E-state index in [-0.39, 0.29) is 24.0 Å². The molecule has 1 aliphatic carbocycles. The van der Waals surface area contributed by atoms with Crippen LogP contribution in [0.5, 0.6) is 0 Å².